The smallest absolute Gasteiger partial charge is 0.270 e. The molecule has 1 N–H and O–H groups in total. The Hall–Kier alpha value is -2.04. The highest BCUT2D eigenvalue weighted by Gasteiger charge is 2.39. The van der Waals surface area contributed by atoms with Crippen LogP contribution in [-0.4, -0.2) is 4.92 Å². The summed E-state index contributed by atoms with van der Waals surface area (Å²) < 4.78 is 0. The van der Waals surface area contributed by atoms with Crippen molar-refractivity contribution in [2.75, 3.05) is 5.32 Å². The van der Waals surface area contributed by atoms with Gasteiger partial charge in [-0.3, -0.25) is 10.1 Å². The summed E-state index contributed by atoms with van der Waals surface area (Å²) in [6, 6.07) is 9.12. The molecule has 0 aromatic heterocycles. The molecule has 4 rings (SSSR count). The fourth-order valence-corrected chi connectivity index (χ4v) is 4.32. The Labute approximate surface area is 155 Å². The Morgan fingerprint density at radius 3 is 2.72 bits per heavy atom. The molecule has 1 aliphatic carbocycles. The molecule has 0 unspecified atom stereocenters. The van der Waals surface area contributed by atoms with Crippen molar-refractivity contribution >= 4 is 34.6 Å². The third-order valence-electron chi connectivity index (χ3n) is 5.16. The van der Waals surface area contributed by atoms with Gasteiger partial charge in [-0.1, -0.05) is 41.4 Å². The molecule has 1 aliphatic heterocycles. The Kier molecular flexibility index (Phi) is 3.97. The second-order valence-electron chi connectivity index (χ2n) is 6.63. The number of nitrogens with zero attached hydrogens (tertiary/aromatic N) is 1. The van der Waals surface area contributed by atoms with Crippen LogP contribution in [0.4, 0.5) is 11.4 Å². The van der Waals surface area contributed by atoms with Crippen molar-refractivity contribution in [2.45, 2.75) is 25.3 Å². The molecular formula is C19H16Cl2N2O2. The van der Waals surface area contributed by atoms with E-state index in [2.05, 4.69) is 17.5 Å². The molecule has 0 saturated carbocycles. The van der Waals surface area contributed by atoms with Gasteiger partial charge in [0.15, 0.2) is 0 Å². The van der Waals surface area contributed by atoms with Crippen LogP contribution in [-0.2, 0) is 0 Å². The van der Waals surface area contributed by atoms with Gasteiger partial charge in [0.25, 0.3) is 5.69 Å². The number of non-ortho nitro benzene ring substituents is 1. The maximum Gasteiger partial charge on any atom is 0.270 e. The fraction of sp³-hybridized carbons (Fsp3) is 0.263. The Morgan fingerprint density at radius 1 is 1.20 bits per heavy atom. The molecule has 3 atom stereocenters. The quantitative estimate of drug-likeness (QED) is 0.396. The molecule has 0 amide bonds. The molecule has 0 radical (unpaired) electrons. The van der Waals surface area contributed by atoms with Crippen molar-refractivity contribution in [3.05, 3.63) is 79.3 Å². The van der Waals surface area contributed by atoms with Gasteiger partial charge in [-0.05, 0) is 48.1 Å². The van der Waals surface area contributed by atoms with Crippen molar-refractivity contribution in [3.8, 4) is 0 Å². The van der Waals surface area contributed by atoms with E-state index >= 15 is 0 Å². The molecule has 1 heterocycles. The molecule has 6 heteroatoms. The zero-order chi connectivity index (χ0) is 17.7. The number of nitro benzene ring substituents is 1. The van der Waals surface area contributed by atoms with Gasteiger partial charge >= 0.3 is 0 Å². The average Bonchev–Trinajstić information content (AvgIpc) is 3.06. The number of allylic oxidation sites excluding steroid dienone is 2. The van der Waals surface area contributed by atoms with E-state index in [-0.39, 0.29) is 22.6 Å². The van der Waals surface area contributed by atoms with Crippen molar-refractivity contribution in [2.24, 2.45) is 5.92 Å². The van der Waals surface area contributed by atoms with Crippen LogP contribution in [0.1, 0.15) is 35.1 Å². The zero-order valence-electron chi connectivity index (χ0n) is 13.5. The second-order valence-corrected chi connectivity index (χ2v) is 7.45. The Morgan fingerprint density at radius 2 is 2.00 bits per heavy atom. The third-order valence-corrected chi connectivity index (χ3v) is 5.90. The number of hydrogen-bond acceptors (Lipinski definition) is 3. The molecule has 2 aliphatic rings. The van der Waals surface area contributed by atoms with Crippen molar-refractivity contribution in [1.82, 2.24) is 0 Å². The highest BCUT2D eigenvalue weighted by atomic mass is 35.5. The van der Waals surface area contributed by atoms with Gasteiger partial charge in [-0.25, -0.2) is 0 Å². The highest BCUT2D eigenvalue weighted by Crippen LogP contribution is 2.51. The van der Waals surface area contributed by atoms with Crippen LogP contribution in [0, 0.1) is 23.0 Å². The summed E-state index contributed by atoms with van der Waals surface area (Å²) in [7, 11) is 0. The summed E-state index contributed by atoms with van der Waals surface area (Å²) in [5.74, 6) is 0.459. The lowest BCUT2D eigenvalue weighted by Gasteiger charge is -2.38. The first-order chi connectivity index (χ1) is 12.0. The summed E-state index contributed by atoms with van der Waals surface area (Å²) in [5, 5.41) is 15.9. The van der Waals surface area contributed by atoms with E-state index in [0.29, 0.717) is 16.0 Å². The molecular weight excluding hydrogens is 359 g/mol. The van der Waals surface area contributed by atoms with Crippen molar-refractivity contribution in [1.29, 1.82) is 0 Å². The number of nitro groups is 1. The van der Waals surface area contributed by atoms with Crippen LogP contribution < -0.4 is 5.32 Å². The van der Waals surface area contributed by atoms with Crippen LogP contribution in [0.25, 0.3) is 0 Å². The van der Waals surface area contributed by atoms with E-state index in [9.17, 15) is 10.1 Å². The summed E-state index contributed by atoms with van der Waals surface area (Å²) in [4.78, 5) is 10.9. The third kappa shape index (κ3) is 2.70. The molecule has 2 aromatic carbocycles. The van der Waals surface area contributed by atoms with Gasteiger partial charge in [0, 0.05) is 23.7 Å². The first-order valence-corrected chi connectivity index (χ1v) is 8.88. The number of halogens is 2. The molecule has 2 aromatic rings. The molecule has 25 heavy (non-hydrogen) atoms. The number of aryl methyl sites for hydroxylation is 1. The van der Waals surface area contributed by atoms with E-state index in [1.165, 1.54) is 0 Å². The van der Waals surface area contributed by atoms with Gasteiger partial charge in [0.05, 0.1) is 21.0 Å². The molecule has 0 spiro atoms. The number of benzene rings is 2. The lowest BCUT2D eigenvalue weighted by atomic mass is 9.76. The van der Waals surface area contributed by atoms with Crippen molar-refractivity contribution in [3.63, 3.8) is 0 Å². The summed E-state index contributed by atoms with van der Waals surface area (Å²) in [6.07, 6.45) is 5.24. The molecule has 4 nitrogen and oxygen atoms in total. The molecule has 128 valence electrons. The lowest BCUT2D eigenvalue weighted by Crippen LogP contribution is -2.29. The van der Waals surface area contributed by atoms with Crippen LogP contribution in [0.5, 0.6) is 0 Å². The predicted octanol–water partition coefficient (Wildman–Crippen LogP) is 6.04. The van der Waals surface area contributed by atoms with Crippen LogP contribution in [0.15, 0.2) is 42.5 Å². The minimum Gasteiger partial charge on any atom is -0.377 e. The zero-order valence-corrected chi connectivity index (χ0v) is 15.0. The van der Waals surface area contributed by atoms with Gasteiger partial charge in [0.2, 0.25) is 0 Å². The monoisotopic (exact) mass is 374 g/mol. The van der Waals surface area contributed by atoms with Gasteiger partial charge in [-0.2, -0.15) is 0 Å². The minimum absolute atomic E-state index is 0.0856. The Balaban J connectivity index is 1.82. The van der Waals surface area contributed by atoms with Gasteiger partial charge < -0.3 is 5.32 Å². The van der Waals surface area contributed by atoms with E-state index in [1.54, 1.807) is 12.1 Å². The first kappa shape index (κ1) is 16.4. The van der Waals surface area contributed by atoms with E-state index in [0.717, 1.165) is 28.8 Å². The Bertz CT molecular complexity index is 911. The standard InChI is InChI=1S/C19H16Cl2N2O2/c1-10-7-12(23(24)25)9-15-13-3-2-4-14(13)19(22-18(10)15)11-5-6-16(20)17(21)8-11/h2-3,5-9,13-14,19,22H,4H2,1H3/t13-,14+,19+/m0/s1. The SMILES string of the molecule is Cc1cc([N+](=O)[O-])cc2c1N[C@H](c1ccc(Cl)c(Cl)c1)[C@@H]1CC=C[C@H]21. The normalized spacial score (nSPS) is 23.7. The summed E-state index contributed by atoms with van der Waals surface area (Å²) in [6.45, 7) is 1.91. The number of anilines is 1. The predicted molar refractivity (Wildman–Crippen MR) is 101 cm³/mol. The fourth-order valence-electron chi connectivity index (χ4n) is 4.01. The van der Waals surface area contributed by atoms with E-state index < -0.39 is 0 Å². The molecule has 0 bridgehead atoms. The first-order valence-electron chi connectivity index (χ1n) is 8.13. The largest absolute Gasteiger partial charge is 0.377 e. The maximum absolute atomic E-state index is 11.2. The lowest BCUT2D eigenvalue weighted by molar-refractivity contribution is -0.385. The summed E-state index contributed by atoms with van der Waals surface area (Å²) in [5.41, 5.74) is 4.09. The summed E-state index contributed by atoms with van der Waals surface area (Å²) >= 11 is 12.3. The van der Waals surface area contributed by atoms with Gasteiger partial charge in [0.1, 0.15) is 0 Å². The van der Waals surface area contributed by atoms with Crippen LogP contribution in [0.3, 0.4) is 0 Å². The topological polar surface area (TPSA) is 55.2 Å². The minimum atomic E-state index is -0.327. The van der Waals surface area contributed by atoms with Gasteiger partial charge in [-0.15, -0.1) is 0 Å². The second kappa shape index (κ2) is 6.04. The van der Waals surface area contributed by atoms with E-state index in [4.69, 9.17) is 23.2 Å². The number of nitrogens with one attached hydrogen (secondary N) is 1. The van der Waals surface area contributed by atoms with Crippen molar-refractivity contribution < 1.29 is 4.92 Å². The number of rotatable bonds is 2. The maximum atomic E-state index is 11.2. The average molecular weight is 375 g/mol. The van der Waals surface area contributed by atoms with E-state index in [1.807, 2.05) is 25.1 Å². The highest BCUT2D eigenvalue weighted by molar-refractivity contribution is 6.42. The molecule has 0 fully saturated rings. The molecule has 0 saturated heterocycles. The number of fused-ring (bicyclic) bond motifs is 3. The van der Waals surface area contributed by atoms with Crippen LogP contribution >= 0.6 is 23.2 Å². The van der Waals surface area contributed by atoms with Crippen LogP contribution in [0.2, 0.25) is 10.0 Å². The number of hydrogen-bond donors (Lipinski definition) is 1.